The van der Waals surface area contributed by atoms with Crippen molar-refractivity contribution in [2.24, 2.45) is 0 Å². The Morgan fingerprint density at radius 3 is 2.48 bits per heavy atom. The number of rotatable bonds is 2. The van der Waals surface area contributed by atoms with Crippen molar-refractivity contribution in [3.8, 4) is 0 Å². The summed E-state index contributed by atoms with van der Waals surface area (Å²) in [7, 11) is 0. The molecule has 0 saturated heterocycles. The van der Waals surface area contributed by atoms with Gasteiger partial charge < -0.3 is 15.0 Å². The first-order valence-electron chi connectivity index (χ1n) is 8.26. The van der Waals surface area contributed by atoms with E-state index >= 15 is 0 Å². The van der Waals surface area contributed by atoms with Crippen LogP contribution in [0.1, 0.15) is 22.5 Å². The van der Waals surface area contributed by atoms with Crippen molar-refractivity contribution in [1.29, 1.82) is 5.41 Å². The zero-order chi connectivity index (χ0) is 17.7. The lowest BCUT2D eigenvalue weighted by Crippen LogP contribution is -2.26. The number of imidazole rings is 1. The maximum absolute atomic E-state index is 10.5. The largest absolute Gasteiger partial charge is 0.509 e. The molecule has 3 N–H and O–H groups in total. The van der Waals surface area contributed by atoms with Gasteiger partial charge in [-0.1, -0.05) is 17.7 Å². The molecule has 1 aliphatic heterocycles. The highest BCUT2D eigenvalue weighted by atomic mass is 16.3. The van der Waals surface area contributed by atoms with Crippen LogP contribution in [-0.2, 0) is 0 Å². The third kappa shape index (κ3) is 2.48. The maximum atomic E-state index is 10.5. The fraction of sp³-hybridized carbons (Fsp3) is 0.200. The summed E-state index contributed by atoms with van der Waals surface area (Å²) in [5, 5.41) is 19.0. The summed E-state index contributed by atoms with van der Waals surface area (Å²) >= 11 is 0. The van der Waals surface area contributed by atoms with E-state index in [-0.39, 0.29) is 18.1 Å². The van der Waals surface area contributed by atoms with Crippen LogP contribution >= 0.6 is 0 Å². The van der Waals surface area contributed by atoms with Gasteiger partial charge in [-0.3, -0.25) is 5.41 Å². The van der Waals surface area contributed by atoms with Gasteiger partial charge in [-0.05, 0) is 56.2 Å². The van der Waals surface area contributed by atoms with Crippen LogP contribution < -0.4 is 4.90 Å². The molecule has 0 fully saturated rings. The van der Waals surface area contributed by atoms with Gasteiger partial charge >= 0.3 is 0 Å². The smallest absolute Gasteiger partial charge is 0.145 e. The van der Waals surface area contributed by atoms with Crippen LogP contribution in [-0.4, -0.2) is 27.5 Å². The molecule has 0 atom stereocenters. The molecule has 0 aliphatic carbocycles. The minimum absolute atomic E-state index is 0.165. The molecule has 0 saturated carbocycles. The Hall–Kier alpha value is -3.08. The number of aromatic amines is 1. The van der Waals surface area contributed by atoms with Crippen LogP contribution in [0.2, 0.25) is 0 Å². The van der Waals surface area contributed by atoms with E-state index in [1.54, 1.807) is 4.90 Å². The van der Waals surface area contributed by atoms with Gasteiger partial charge in [0.05, 0.1) is 23.2 Å². The van der Waals surface area contributed by atoms with Gasteiger partial charge in [0, 0.05) is 5.69 Å². The molecule has 0 spiro atoms. The molecular weight excluding hydrogens is 312 g/mol. The number of fused-ring (bicyclic) bond motifs is 1. The van der Waals surface area contributed by atoms with E-state index in [9.17, 15) is 5.11 Å². The zero-order valence-electron chi connectivity index (χ0n) is 14.5. The Labute approximate surface area is 146 Å². The molecule has 4 rings (SSSR count). The highest BCUT2D eigenvalue weighted by Gasteiger charge is 2.31. The van der Waals surface area contributed by atoms with Crippen molar-refractivity contribution in [2.75, 3.05) is 11.4 Å². The number of H-pyrrole nitrogens is 1. The summed E-state index contributed by atoms with van der Waals surface area (Å²) in [5.74, 6) is 0.962. The van der Waals surface area contributed by atoms with Crippen molar-refractivity contribution >= 4 is 28.1 Å². The number of nitrogens with one attached hydrogen (secondary N) is 2. The van der Waals surface area contributed by atoms with Gasteiger partial charge in [0.25, 0.3) is 0 Å². The molecular formula is C20H20N4O. The van der Waals surface area contributed by atoms with E-state index in [0.29, 0.717) is 11.4 Å². The van der Waals surface area contributed by atoms with E-state index < -0.39 is 0 Å². The lowest BCUT2D eigenvalue weighted by Gasteiger charge is -2.18. The molecule has 5 heteroatoms. The lowest BCUT2D eigenvalue weighted by atomic mass is 10.1. The Bertz CT molecular complexity index is 989. The van der Waals surface area contributed by atoms with Crippen LogP contribution in [0.15, 0.2) is 42.2 Å². The zero-order valence-corrected chi connectivity index (χ0v) is 14.5. The molecule has 0 unspecified atom stereocenters. The second-order valence-corrected chi connectivity index (χ2v) is 6.63. The molecule has 25 heavy (non-hydrogen) atoms. The minimum atomic E-state index is 0.165. The van der Waals surface area contributed by atoms with Gasteiger partial charge in [-0.2, -0.15) is 0 Å². The number of hydrogen-bond acceptors (Lipinski definition) is 3. The summed E-state index contributed by atoms with van der Waals surface area (Å²) < 4.78 is 0. The molecule has 126 valence electrons. The van der Waals surface area contributed by atoms with Crippen LogP contribution in [0.25, 0.3) is 16.6 Å². The van der Waals surface area contributed by atoms with Crippen molar-refractivity contribution in [2.45, 2.75) is 20.8 Å². The molecule has 5 nitrogen and oxygen atoms in total. The first-order valence-corrected chi connectivity index (χ1v) is 8.26. The molecule has 3 aromatic rings. The number of aliphatic hydroxyl groups excluding tert-OH is 1. The second-order valence-electron chi connectivity index (χ2n) is 6.63. The summed E-state index contributed by atoms with van der Waals surface area (Å²) in [6.07, 6.45) is 0. The van der Waals surface area contributed by atoms with E-state index in [4.69, 9.17) is 5.41 Å². The maximum Gasteiger partial charge on any atom is 0.145 e. The molecule has 1 aliphatic rings. The van der Waals surface area contributed by atoms with Gasteiger partial charge in [0.2, 0.25) is 0 Å². The van der Waals surface area contributed by atoms with E-state index in [0.717, 1.165) is 22.3 Å². The van der Waals surface area contributed by atoms with E-state index in [2.05, 4.69) is 29.9 Å². The first kappa shape index (κ1) is 15.4. The molecule has 0 bridgehead atoms. The summed E-state index contributed by atoms with van der Waals surface area (Å²) in [6.45, 7) is 6.42. The Balaban J connectivity index is 1.74. The third-order valence-electron chi connectivity index (χ3n) is 4.78. The van der Waals surface area contributed by atoms with Crippen molar-refractivity contribution in [3.63, 3.8) is 0 Å². The standard InChI is InChI=1S/C20H20N4O/c1-11-4-6-14(7-5-11)24-10-17(25)18(19(24)21)20-22-15-8-12(2)13(3)9-16(15)23-20/h4-9,21,25H,10H2,1-3H3,(H,22,23). The summed E-state index contributed by atoms with van der Waals surface area (Å²) in [6, 6.07) is 12.0. The van der Waals surface area contributed by atoms with Gasteiger partial charge in [-0.15, -0.1) is 0 Å². The van der Waals surface area contributed by atoms with Crippen molar-refractivity contribution in [3.05, 3.63) is 64.7 Å². The second kappa shape index (κ2) is 5.48. The SMILES string of the molecule is Cc1ccc(N2CC(O)=C(c3nc4cc(C)c(C)cc4[nH]3)C2=N)cc1. The number of anilines is 1. The van der Waals surface area contributed by atoms with Crippen LogP contribution in [0.4, 0.5) is 5.69 Å². The van der Waals surface area contributed by atoms with Crippen molar-refractivity contribution in [1.82, 2.24) is 9.97 Å². The Morgan fingerprint density at radius 2 is 1.76 bits per heavy atom. The molecule has 2 heterocycles. The van der Waals surface area contributed by atoms with Crippen LogP contribution in [0, 0.1) is 26.2 Å². The van der Waals surface area contributed by atoms with Gasteiger partial charge in [0.1, 0.15) is 17.4 Å². The van der Waals surface area contributed by atoms with Crippen LogP contribution in [0.3, 0.4) is 0 Å². The average Bonchev–Trinajstić information content (AvgIpc) is 3.09. The van der Waals surface area contributed by atoms with Crippen molar-refractivity contribution < 1.29 is 5.11 Å². The quantitative estimate of drug-likeness (QED) is 0.656. The predicted molar refractivity (Wildman–Crippen MR) is 101 cm³/mol. The average molecular weight is 332 g/mol. The number of amidine groups is 1. The fourth-order valence-electron chi connectivity index (χ4n) is 3.16. The lowest BCUT2D eigenvalue weighted by molar-refractivity contribution is 0.411. The van der Waals surface area contributed by atoms with Gasteiger partial charge in [-0.25, -0.2) is 4.98 Å². The molecule has 1 aromatic heterocycles. The normalized spacial score (nSPS) is 14.8. The number of aliphatic hydroxyl groups is 1. The topological polar surface area (TPSA) is 76.0 Å². The summed E-state index contributed by atoms with van der Waals surface area (Å²) in [5.41, 5.74) is 6.64. The Morgan fingerprint density at radius 1 is 1.08 bits per heavy atom. The third-order valence-corrected chi connectivity index (χ3v) is 4.78. The van der Waals surface area contributed by atoms with E-state index in [1.165, 1.54) is 11.1 Å². The van der Waals surface area contributed by atoms with Crippen LogP contribution in [0.5, 0.6) is 0 Å². The first-order chi connectivity index (χ1) is 11.9. The predicted octanol–water partition coefficient (Wildman–Crippen LogP) is 4.25. The van der Waals surface area contributed by atoms with Gasteiger partial charge in [0.15, 0.2) is 0 Å². The molecule has 0 amide bonds. The number of nitrogens with zero attached hydrogens (tertiary/aromatic N) is 2. The summed E-state index contributed by atoms with van der Waals surface area (Å²) in [4.78, 5) is 9.64. The highest BCUT2D eigenvalue weighted by molar-refractivity contribution is 6.30. The number of aromatic nitrogens is 2. The highest BCUT2D eigenvalue weighted by Crippen LogP contribution is 2.31. The number of benzene rings is 2. The molecule has 0 radical (unpaired) electrons. The van der Waals surface area contributed by atoms with E-state index in [1.807, 2.05) is 37.3 Å². The fourth-order valence-corrected chi connectivity index (χ4v) is 3.16. The number of hydrogen-bond donors (Lipinski definition) is 3. The minimum Gasteiger partial charge on any atom is -0.509 e. The molecule has 2 aromatic carbocycles. The number of aryl methyl sites for hydroxylation is 3. The monoisotopic (exact) mass is 332 g/mol. The Kier molecular flexibility index (Phi) is 3.39.